The molecule has 0 aliphatic heterocycles. The number of carbonyl (C=O) groups excluding carboxylic acids is 2. The predicted octanol–water partition coefficient (Wildman–Crippen LogP) is 5.71. The molecule has 1 N–H and O–H groups in total. The Morgan fingerprint density at radius 3 is 2.17 bits per heavy atom. The first-order valence-electron chi connectivity index (χ1n) is 13.6. The van der Waals surface area contributed by atoms with Crippen molar-refractivity contribution < 1.29 is 18.0 Å². The van der Waals surface area contributed by atoms with Gasteiger partial charge in [-0.25, -0.2) is 8.42 Å². The lowest BCUT2D eigenvalue weighted by atomic mass is 9.95. The van der Waals surface area contributed by atoms with E-state index in [0.717, 1.165) is 47.5 Å². The Morgan fingerprint density at radius 2 is 1.55 bits per heavy atom. The summed E-state index contributed by atoms with van der Waals surface area (Å²) >= 11 is 6.08. The van der Waals surface area contributed by atoms with E-state index in [4.69, 9.17) is 11.6 Å². The number of hydrogen-bond acceptors (Lipinski definition) is 4. The van der Waals surface area contributed by atoms with Crippen molar-refractivity contribution in [1.29, 1.82) is 0 Å². The van der Waals surface area contributed by atoms with E-state index in [1.165, 1.54) is 17.0 Å². The summed E-state index contributed by atoms with van der Waals surface area (Å²) in [7, 11) is -4.11. The van der Waals surface area contributed by atoms with E-state index in [1.54, 1.807) is 43.3 Å². The summed E-state index contributed by atoms with van der Waals surface area (Å²) in [6, 6.07) is 21.5. The van der Waals surface area contributed by atoms with Crippen molar-refractivity contribution in [1.82, 2.24) is 10.2 Å². The molecule has 0 bridgehead atoms. The highest BCUT2D eigenvalue weighted by Crippen LogP contribution is 2.26. The maximum atomic E-state index is 14.0. The number of anilines is 1. The summed E-state index contributed by atoms with van der Waals surface area (Å²) in [6.45, 7) is 3.25. The van der Waals surface area contributed by atoms with E-state index in [2.05, 4.69) is 5.32 Å². The first-order chi connectivity index (χ1) is 19.1. The molecule has 0 spiro atoms. The van der Waals surface area contributed by atoms with Crippen LogP contribution >= 0.6 is 11.6 Å². The number of sulfonamides is 1. The number of nitrogens with zero attached hydrogens (tertiary/aromatic N) is 2. The fraction of sp³-hybridized carbons (Fsp3) is 0.355. The molecule has 40 heavy (non-hydrogen) atoms. The van der Waals surface area contributed by atoms with Gasteiger partial charge in [0.1, 0.15) is 12.6 Å². The van der Waals surface area contributed by atoms with Gasteiger partial charge >= 0.3 is 0 Å². The van der Waals surface area contributed by atoms with E-state index in [1.807, 2.05) is 37.3 Å². The number of hydrogen-bond donors (Lipinski definition) is 1. The van der Waals surface area contributed by atoms with Crippen molar-refractivity contribution >= 4 is 39.1 Å². The summed E-state index contributed by atoms with van der Waals surface area (Å²) in [5, 5.41) is 3.56. The number of carbonyl (C=O) groups is 2. The van der Waals surface area contributed by atoms with Gasteiger partial charge in [0.25, 0.3) is 10.0 Å². The SMILES string of the molecule is Cc1ccc(S(=O)(=O)N(CC(=O)N(Cc2ccccc2)[C@H](C)C(=O)NC2CCCCC2)c2ccc(Cl)cc2)cc1. The summed E-state index contributed by atoms with van der Waals surface area (Å²) in [5.74, 6) is -0.726. The second kappa shape index (κ2) is 13.3. The normalized spacial score (nSPS) is 14.8. The molecule has 0 aromatic heterocycles. The van der Waals surface area contributed by atoms with Crippen molar-refractivity contribution in [3.63, 3.8) is 0 Å². The molecule has 0 unspecified atom stereocenters. The number of halogens is 1. The van der Waals surface area contributed by atoms with Gasteiger partial charge in [-0.1, -0.05) is 78.9 Å². The Labute approximate surface area is 242 Å². The van der Waals surface area contributed by atoms with Gasteiger partial charge < -0.3 is 10.2 Å². The van der Waals surface area contributed by atoms with Crippen molar-refractivity contribution in [2.75, 3.05) is 10.8 Å². The molecule has 3 aromatic rings. The minimum atomic E-state index is -4.11. The molecule has 212 valence electrons. The molecule has 4 rings (SSSR count). The molecule has 0 heterocycles. The Hall–Kier alpha value is -3.36. The largest absolute Gasteiger partial charge is 0.352 e. The molecule has 0 saturated heterocycles. The van der Waals surface area contributed by atoms with Crippen LogP contribution in [-0.2, 0) is 26.2 Å². The molecule has 7 nitrogen and oxygen atoms in total. The van der Waals surface area contributed by atoms with Crippen molar-refractivity contribution in [3.8, 4) is 0 Å². The van der Waals surface area contributed by atoms with E-state index < -0.39 is 28.5 Å². The zero-order valence-corrected chi connectivity index (χ0v) is 24.5. The zero-order chi connectivity index (χ0) is 28.7. The van der Waals surface area contributed by atoms with E-state index in [0.29, 0.717) is 10.7 Å². The van der Waals surface area contributed by atoms with Crippen molar-refractivity contribution in [2.45, 2.75) is 69.5 Å². The molecule has 2 amide bonds. The lowest BCUT2D eigenvalue weighted by Crippen LogP contribution is -2.53. The molecule has 1 atom stereocenters. The van der Waals surface area contributed by atoms with Crippen LogP contribution in [0.15, 0.2) is 83.8 Å². The van der Waals surface area contributed by atoms with Gasteiger partial charge in [-0.2, -0.15) is 0 Å². The maximum absolute atomic E-state index is 14.0. The third-order valence-electron chi connectivity index (χ3n) is 7.32. The van der Waals surface area contributed by atoms with Crippen LogP contribution in [-0.4, -0.2) is 43.8 Å². The first-order valence-corrected chi connectivity index (χ1v) is 15.5. The monoisotopic (exact) mass is 581 g/mol. The summed E-state index contributed by atoms with van der Waals surface area (Å²) < 4.78 is 28.8. The van der Waals surface area contributed by atoms with Crippen LogP contribution in [0.4, 0.5) is 5.69 Å². The van der Waals surface area contributed by atoms with Crippen LogP contribution in [0.25, 0.3) is 0 Å². The van der Waals surface area contributed by atoms with Crippen molar-refractivity contribution in [2.24, 2.45) is 0 Å². The minimum Gasteiger partial charge on any atom is -0.352 e. The topological polar surface area (TPSA) is 86.8 Å². The predicted molar refractivity (Wildman–Crippen MR) is 159 cm³/mol. The van der Waals surface area contributed by atoms with Crippen LogP contribution in [0.1, 0.15) is 50.2 Å². The van der Waals surface area contributed by atoms with E-state index >= 15 is 0 Å². The highest BCUT2D eigenvalue weighted by atomic mass is 35.5. The van der Waals surface area contributed by atoms with Crippen LogP contribution in [0.3, 0.4) is 0 Å². The summed E-state index contributed by atoms with van der Waals surface area (Å²) in [6.07, 6.45) is 5.14. The second-order valence-corrected chi connectivity index (χ2v) is 12.6. The van der Waals surface area contributed by atoms with Gasteiger partial charge in [-0.05, 0) is 68.7 Å². The molecule has 3 aromatic carbocycles. The lowest BCUT2D eigenvalue weighted by Gasteiger charge is -2.33. The van der Waals surface area contributed by atoms with Crippen LogP contribution in [0.5, 0.6) is 0 Å². The van der Waals surface area contributed by atoms with Crippen LogP contribution in [0, 0.1) is 6.92 Å². The molecule has 0 radical (unpaired) electrons. The van der Waals surface area contributed by atoms with E-state index in [-0.39, 0.29) is 23.4 Å². The Morgan fingerprint density at radius 1 is 0.925 bits per heavy atom. The third kappa shape index (κ3) is 7.43. The van der Waals surface area contributed by atoms with Gasteiger partial charge in [0, 0.05) is 17.6 Å². The fourth-order valence-corrected chi connectivity index (χ4v) is 6.45. The smallest absolute Gasteiger partial charge is 0.264 e. The standard InChI is InChI=1S/C31H36ClN3O4S/c1-23-13-19-29(20-14-23)40(38,39)35(28-17-15-26(32)16-18-28)22-30(36)34(21-25-9-5-3-6-10-25)24(2)31(37)33-27-11-7-4-8-12-27/h3,5-6,9-10,13-20,24,27H,4,7-8,11-12,21-22H2,1-2H3,(H,33,37)/t24-/m1/s1. The molecule has 1 aliphatic carbocycles. The van der Waals surface area contributed by atoms with Gasteiger partial charge in [0.2, 0.25) is 11.8 Å². The van der Waals surface area contributed by atoms with Gasteiger partial charge in [0.05, 0.1) is 10.6 Å². The average molecular weight is 582 g/mol. The van der Waals surface area contributed by atoms with Gasteiger partial charge in [-0.3, -0.25) is 13.9 Å². The highest BCUT2D eigenvalue weighted by molar-refractivity contribution is 7.92. The quantitative estimate of drug-likeness (QED) is 0.332. The zero-order valence-electron chi connectivity index (χ0n) is 22.9. The first kappa shape index (κ1) is 29.6. The Balaban J connectivity index is 1.65. The number of nitrogens with one attached hydrogen (secondary N) is 1. The molecule has 9 heteroatoms. The summed E-state index contributed by atoms with van der Waals surface area (Å²) in [4.78, 5) is 28.8. The summed E-state index contributed by atoms with van der Waals surface area (Å²) in [5.41, 5.74) is 2.06. The van der Waals surface area contributed by atoms with Gasteiger partial charge in [0.15, 0.2) is 0 Å². The molecule has 1 aliphatic rings. The minimum absolute atomic E-state index is 0.0681. The van der Waals surface area contributed by atoms with Gasteiger partial charge in [-0.15, -0.1) is 0 Å². The average Bonchev–Trinajstić information content (AvgIpc) is 2.96. The fourth-order valence-electron chi connectivity index (χ4n) is 4.91. The maximum Gasteiger partial charge on any atom is 0.264 e. The van der Waals surface area contributed by atoms with Crippen LogP contribution in [0.2, 0.25) is 5.02 Å². The Kier molecular flexibility index (Phi) is 9.87. The van der Waals surface area contributed by atoms with Crippen molar-refractivity contribution in [3.05, 3.63) is 95.0 Å². The molecular formula is C31H36ClN3O4S. The number of rotatable bonds is 10. The third-order valence-corrected chi connectivity index (χ3v) is 9.36. The number of amides is 2. The second-order valence-electron chi connectivity index (χ2n) is 10.3. The Bertz CT molecular complexity index is 1390. The van der Waals surface area contributed by atoms with E-state index in [9.17, 15) is 18.0 Å². The number of aryl methyl sites for hydroxylation is 1. The highest BCUT2D eigenvalue weighted by Gasteiger charge is 2.33. The molecular weight excluding hydrogens is 546 g/mol. The molecule has 1 saturated carbocycles. The number of benzene rings is 3. The molecule has 1 fully saturated rings. The lowest BCUT2D eigenvalue weighted by molar-refractivity contribution is -0.139. The van der Waals surface area contributed by atoms with Crippen LogP contribution < -0.4 is 9.62 Å².